The molecular weight excluding hydrogens is 490 g/mol. The summed E-state index contributed by atoms with van der Waals surface area (Å²) in [6, 6.07) is 23.7. The fraction of sp³-hybridized carbons (Fsp3) is 0.281. The maximum Gasteiger partial charge on any atom is 0.279 e. The lowest BCUT2D eigenvalue weighted by molar-refractivity contribution is -0.134. The third kappa shape index (κ3) is 5.17. The molecule has 4 aromatic rings. The third-order valence-electron chi connectivity index (χ3n) is 7.49. The van der Waals surface area contributed by atoms with Gasteiger partial charge in [0, 0.05) is 25.2 Å². The fourth-order valence-electron chi connectivity index (χ4n) is 5.25. The molecule has 0 radical (unpaired) electrons. The van der Waals surface area contributed by atoms with Crippen LogP contribution in [0.5, 0.6) is 5.75 Å². The van der Waals surface area contributed by atoms with E-state index < -0.39 is 0 Å². The Morgan fingerprint density at radius 3 is 2.64 bits per heavy atom. The topological polar surface area (TPSA) is 75.9 Å². The van der Waals surface area contributed by atoms with Crippen LogP contribution in [0.15, 0.2) is 83.5 Å². The van der Waals surface area contributed by atoms with Crippen molar-refractivity contribution in [2.75, 3.05) is 18.5 Å². The number of fused-ring (bicyclic) bond motifs is 1. The van der Waals surface area contributed by atoms with Crippen LogP contribution in [-0.2, 0) is 17.8 Å². The molecule has 1 saturated carbocycles. The summed E-state index contributed by atoms with van der Waals surface area (Å²) >= 11 is 0. The van der Waals surface area contributed by atoms with Crippen molar-refractivity contribution in [1.82, 2.24) is 9.88 Å². The van der Waals surface area contributed by atoms with Crippen LogP contribution in [0.4, 0.5) is 5.69 Å². The number of benzene rings is 3. The van der Waals surface area contributed by atoms with E-state index in [0.29, 0.717) is 18.2 Å². The quantitative estimate of drug-likeness (QED) is 0.311. The molecule has 0 saturated heterocycles. The van der Waals surface area contributed by atoms with E-state index in [2.05, 4.69) is 42.2 Å². The Hall–Kier alpha value is -4.39. The van der Waals surface area contributed by atoms with E-state index in [4.69, 9.17) is 9.15 Å². The van der Waals surface area contributed by atoms with Gasteiger partial charge in [0.2, 0.25) is 11.8 Å². The first-order chi connectivity index (χ1) is 19.0. The molecule has 2 heterocycles. The highest BCUT2D eigenvalue weighted by Crippen LogP contribution is 2.41. The summed E-state index contributed by atoms with van der Waals surface area (Å²) in [6.07, 6.45) is 4.14. The Morgan fingerprint density at radius 1 is 1.05 bits per heavy atom. The van der Waals surface area contributed by atoms with Gasteiger partial charge in [-0.1, -0.05) is 54.1 Å². The molecule has 1 unspecified atom stereocenters. The average molecular weight is 522 g/mol. The second-order valence-corrected chi connectivity index (χ2v) is 10.3. The van der Waals surface area contributed by atoms with Crippen LogP contribution in [0.1, 0.15) is 57.5 Å². The van der Waals surface area contributed by atoms with Gasteiger partial charge in [-0.3, -0.25) is 9.59 Å². The highest BCUT2D eigenvalue weighted by Gasteiger charge is 2.39. The molecule has 0 N–H and O–H groups in total. The Balaban J connectivity index is 1.21. The number of carbonyl (C=O) groups excluding carboxylic acids is 2. The van der Waals surface area contributed by atoms with Crippen LogP contribution < -0.4 is 9.64 Å². The van der Waals surface area contributed by atoms with Crippen molar-refractivity contribution < 1.29 is 18.7 Å². The molecule has 3 aromatic carbocycles. The van der Waals surface area contributed by atoms with Crippen molar-refractivity contribution in [1.29, 1.82) is 0 Å². The van der Waals surface area contributed by atoms with Gasteiger partial charge in [-0.2, -0.15) is 0 Å². The van der Waals surface area contributed by atoms with Crippen LogP contribution >= 0.6 is 0 Å². The SMILES string of the molecule is Cc1cccc(C2c3cc(OCc4nc(C(=O)N(C)c5ccccc5)co4)ccc3CCN2C(=O)C2CC2)c1. The summed E-state index contributed by atoms with van der Waals surface area (Å²) in [5.74, 6) is 1.13. The maximum absolute atomic E-state index is 13.3. The number of amides is 2. The van der Waals surface area contributed by atoms with Crippen molar-refractivity contribution >= 4 is 17.5 Å². The number of carbonyl (C=O) groups is 2. The number of aromatic nitrogens is 1. The van der Waals surface area contributed by atoms with Crippen molar-refractivity contribution in [3.63, 3.8) is 0 Å². The lowest BCUT2D eigenvalue weighted by Crippen LogP contribution is -2.41. The standard InChI is InChI=1S/C32H31N3O4/c1-21-7-6-8-24(17-21)30-27-18-26(14-13-22(27)15-16-35(30)31(36)23-11-12-23)38-20-29-33-28(19-39-29)32(37)34(2)25-9-4-3-5-10-25/h3-10,13-14,17-19,23,30H,11-12,15-16,20H2,1-2H3. The average Bonchev–Trinajstić information content (AvgIpc) is 3.72. The van der Waals surface area contributed by atoms with E-state index in [-0.39, 0.29) is 36.1 Å². The van der Waals surface area contributed by atoms with Gasteiger partial charge in [-0.05, 0) is 67.1 Å². The van der Waals surface area contributed by atoms with Crippen molar-refractivity contribution in [3.05, 3.63) is 113 Å². The molecule has 0 bridgehead atoms. The molecule has 1 fully saturated rings. The lowest BCUT2D eigenvalue weighted by atomic mass is 9.87. The van der Waals surface area contributed by atoms with E-state index in [1.807, 2.05) is 47.4 Å². The third-order valence-corrected chi connectivity index (χ3v) is 7.49. The highest BCUT2D eigenvalue weighted by molar-refractivity contribution is 6.04. The monoisotopic (exact) mass is 521 g/mol. The first-order valence-electron chi connectivity index (χ1n) is 13.4. The zero-order valence-electron chi connectivity index (χ0n) is 22.2. The Morgan fingerprint density at radius 2 is 1.87 bits per heavy atom. The number of oxazole rings is 1. The zero-order chi connectivity index (χ0) is 26.9. The number of anilines is 1. The van der Waals surface area contributed by atoms with Gasteiger partial charge in [0.1, 0.15) is 12.0 Å². The summed E-state index contributed by atoms with van der Waals surface area (Å²) in [6.45, 7) is 2.87. The molecule has 2 aliphatic rings. The van der Waals surface area contributed by atoms with Crippen molar-refractivity contribution in [2.24, 2.45) is 5.92 Å². The van der Waals surface area contributed by atoms with E-state index in [1.165, 1.54) is 16.7 Å². The molecule has 0 spiro atoms. The van der Waals surface area contributed by atoms with E-state index in [1.54, 1.807) is 7.05 Å². The number of ether oxygens (including phenoxy) is 1. The fourth-order valence-corrected chi connectivity index (χ4v) is 5.25. The van der Waals surface area contributed by atoms with Crippen molar-refractivity contribution in [2.45, 2.75) is 38.8 Å². The van der Waals surface area contributed by atoms with Gasteiger partial charge in [-0.15, -0.1) is 0 Å². The van der Waals surface area contributed by atoms with Crippen LogP contribution in [0, 0.1) is 12.8 Å². The molecule has 1 atom stereocenters. The molecule has 39 heavy (non-hydrogen) atoms. The zero-order valence-corrected chi connectivity index (χ0v) is 22.2. The van der Waals surface area contributed by atoms with Gasteiger partial charge in [0.05, 0.1) is 6.04 Å². The number of rotatable bonds is 7. The molecule has 198 valence electrons. The number of nitrogens with zero attached hydrogens (tertiary/aromatic N) is 3. The second-order valence-electron chi connectivity index (χ2n) is 10.3. The molecule has 7 nitrogen and oxygen atoms in total. The minimum atomic E-state index is -0.258. The van der Waals surface area contributed by atoms with Crippen LogP contribution in [0.25, 0.3) is 0 Å². The van der Waals surface area contributed by atoms with E-state index in [9.17, 15) is 9.59 Å². The van der Waals surface area contributed by atoms with Gasteiger partial charge in [0.25, 0.3) is 5.91 Å². The largest absolute Gasteiger partial charge is 0.484 e. The summed E-state index contributed by atoms with van der Waals surface area (Å²) in [4.78, 5) is 34.1. The normalized spacial score (nSPS) is 16.5. The van der Waals surface area contributed by atoms with Gasteiger partial charge in [0.15, 0.2) is 12.3 Å². The predicted octanol–water partition coefficient (Wildman–Crippen LogP) is 5.72. The Labute approximate surface area is 228 Å². The summed E-state index contributed by atoms with van der Waals surface area (Å²) < 4.78 is 11.6. The minimum Gasteiger partial charge on any atom is -0.484 e. The molecule has 2 amide bonds. The van der Waals surface area contributed by atoms with E-state index >= 15 is 0 Å². The molecular formula is C32H31N3O4. The Kier molecular flexibility index (Phi) is 6.65. The minimum absolute atomic E-state index is 0.0843. The summed E-state index contributed by atoms with van der Waals surface area (Å²) in [5.41, 5.74) is 5.58. The number of aryl methyl sites for hydroxylation is 1. The van der Waals surface area contributed by atoms with E-state index in [0.717, 1.165) is 41.6 Å². The number of para-hydroxylation sites is 1. The molecule has 7 heteroatoms. The summed E-state index contributed by atoms with van der Waals surface area (Å²) in [7, 11) is 1.71. The first kappa shape index (κ1) is 24.9. The molecule has 1 aromatic heterocycles. The maximum atomic E-state index is 13.3. The predicted molar refractivity (Wildman–Crippen MR) is 148 cm³/mol. The summed E-state index contributed by atoms with van der Waals surface area (Å²) in [5, 5.41) is 0. The smallest absolute Gasteiger partial charge is 0.279 e. The van der Waals surface area contributed by atoms with Crippen LogP contribution in [0.2, 0.25) is 0 Å². The molecule has 1 aliphatic carbocycles. The second kappa shape index (κ2) is 10.4. The number of hydrogen-bond acceptors (Lipinski definition) is 5. The van der Waals surface area contributed by atoms with Crippen molar-refractivity contribution in [3.8, 4) is 5.75 Å². The molecule has 6 rings (SSSR count). The lowest BCUT2D eigenvalue weighted by Gasteiger charge is -2.38. The highest BCUT2D eigenvalue weighted by atomic mass is 16.5. The number of hydrogen-bond donors (Lipinski definition) is 0. The molecule has 1 aliphatic heterocycles. The van der Waals surface area contributed by atoms with Gasteiger partial charge in [-0.25, -0.2) is 4.98 Å². The first-order valence-corrected chi connectivity index (χ1v) is 13.4. The van der Waals surface area contributed by atoms with Crippen LogP contribution in [-0.4, -0.2) is 35.3 Å². The van der Waals surface area contributed by atoms with Crippen LogP contribution in [0.3, 0.4) is 0 Å². The van der Waals surface area contributed by atoms with Gasteiger partial charge >= 0.3 is 0 Å². The Bertz CT molecular complexity index is 1510. The van der Waals surface area contributed by atoms with Gasteiger partial charge < -0.3 is 19.0 Å².